The van der Waals surface area contributed by atoms with E-state index in [-0.39, 0.29) is 12.2 Å². The molecule has 0 aliphatic heterocycles. The average molecular weight is 337 g/mol. The second kappa shape index (κ2) is 6.88. The topological polar surface area (TPSA) is 118 Å². The number of H-pyrrole nitrogens is 1. The van der Waals surface area contributed by atoms with E-state index in [1.54, 1.807) is 48.8 Å². The van der Waals surface area contributed by atoms with Crippen molar-refractivity contribution in [3.8, 4) is 5.75 Å². The number of benzene rings is 1. The molecule has 3 aromatic rings. The number of nitrogens with zero attached hydrogens (tertiary/aromatic N) is 1. The summed E-state index contributed by atoms with van der Waals surface area (Å²) in [6, 6.07) is 10.1. The van der Waals surface area contributed by atoms with Crippen molar-refractivity contribution in [1.29, 1.82) is 0 Å². The first kappa shape index (κ1) is 16.3. The van der Waals surface area contributed by atoms with Gasteiger partial charge in [0, 0.05) is 23.3 Å². The van der Waals surface area contributed by atoms with Crippen LogP contribution in [0, 0.1) is 0 Å². The summed E-state index contributed by atoms with van der Waals surface area (Å²) in [6.45, 7) is -0.233. The number of amides is 1. The first-order valence-electron chi connectivity index (χ1n) is 7.43. The van der Waals surface area contributed by atoms with Gasteiger partial charge in [0.1, 0.15) is 11.4 Å². The Morgan fingerprint density at radius 1 is 1.24 bits per heavy atom. The van der Waals surface area contributed by atoms with Crippen LogP contribution in [0.25, 0.3) is 22.7 Å². The van der Waals surface area contributed by atoms with Crippen molar-refractivity contribution in [3.63, 3.8) is 0 Å². The molecular formula is C18H15N3O4. The third-order valence-corrected chi connectivity index (χ3v) is 3.56. The van der Waals surface area contributed by atoms with E-state index in [4.69, 9.17) is 10.5 Å². The summed E-state index contributed by atoms with van der Waals surface area (Å²) in [5.41, 5.74) is 7.08. The number of rotatable bonds is 6. The molecule has 0 aliphatic rings. The van der Waals surface area contributed by atoms with Gasteiger partial charge in [-0.15, -0.1) is 0 Å². The summed E-state index contributed by atoms with van der Waals surface area (Å²) in [5, 5.41) is 10.4. The highest BCUT2D eigenvalue weighted by Crippen LogP contribution is 2.25. The zero-order valence-electron chi connectivity index (χ0n) is 13.1. The molecule has 2 aromatic heterocycles. The van der Waals surface area contributed by atoms with Gasteiger partial charge < -0.3 is 20.6 Å². The fraction of sp³-hybridized carbons (Fsp3) is 0.0556. The number of fused-ring (bicyclic) bond motifs is 1. The van der Waals surface area contributed by atoms with E-state index < -0.39 is 11.9 Å². The van der Waals surface area contributed by atoms with Gasteiger partial charge in [-0.2, -0.15) is 0 Å². The van der Waals surface area contributed by atoms with E-state index in [2.05, 4.69) is 9.97 Å². The molecule has 2 heterocycles. The quantitative estimate of drug-likeness (QED) is 0.595. The number of nitrogens with one attached hydrogen (secondary N) is 1. The van der Waals surface area contributed by atoms with Crippen LogP contribution in [0.5, 0.6) is 5.75 Å². The summed E-state index contributed by atoms with van der Waals surface area (Å²) in [7, 11) is 0. The Labute approximate surface area is 142 Å². The minimum absolute atomic E-state index is 0.131. The van der Waals surface area contributed by atoms with Crippen LogP contribution >= 0.6 is 0 Å². The van der Waals surface area contributed by atoms with E-state index in [1.165, 1.54) is 0 Å². The largest absolute Gasteiger partial charge is 0.484 e. The number of aliphatic carboxylic acids is 1. The predicted octanol–water partition coefficient (Wildman–Crippen LogP) is 2.05. The number of hydrogen-bond donors (Lipinski definition) is 3. The number of carboxylic acids is 1. The van der Waals surface area contributed by atoms with Crippen LogP contribution in [0.1, 0.15) is 11.1 Å². The first-order valence-corrected chi connectivity index (χ1v) is 7.43. The molecule has 1 aromatic carbocycles. The van der Waals surface area contributed by atoms with Crippen molar-refractivity contribution in [1.82, 2.24) is 9.97 Å². The van der Waals surface area contributed by atoms with Gasteiger partial charge in [0.25, 0.3) is 5.91 Å². The van der Waals surface area contributed by atoms with E-state index in [0.29, 0.717) is 17.0 Å². The summed E-state index contributed by atoms with van der Waals surface area (Å²) in [4.78, 5) is 29.6. The minimum Gasteiger partial charge on any atom is -0.484 e. The molecular weight excluding hydrogens is 322 g/mol. The molecule has 0 saturated carbocycles. The summed E-state index contributed by atoms with van der Waals surface area (Å²) in [5.74, 6) is -1.20. The number of ether oxygens (including phenoxy) is 1. The van der Waals surface area contributed by atoms with E-state index in [1.807, 2.05) is 6.07 Å². The third-order valence-electron chi connectivity index (χ3n) is 3.56. The number of aromatic amines is 1. The molecule has 126 valence electrons. The number of pyridine rings is 1. The number of hydrogen-bond acceptors (Lipinski definition) is 4. The Kier molecular flexibility index (Phi) is 4.47. The number of carbonyl (C=O) groups excluding carboxylic acids is 1. The van der Waals surface area contributed by atoms with Crippen LogP contribution in [-0.4, -0.2) is 33.6 Å². The second-order valence-electron chi connectivity index (χ2n) is 5.29. The molecule has 7 nitrogen and oxygen atoms in total. The Bertz CT molecular complexity index is 958. The van der Waals surface area contributed by atoms with Crippen molar-refractivity contribution in [2.75, 3.05) is 6.61 Å². The molecule has 0 spiro atoms. The van der Waals surface area contributed by atoms with Crippen molar-refractivity contribution in [2.45, 2.75) is 0 Å². The van der Waals surface area contributed by atoms with E-state index in [0.717, 1.165) is 10.9 Å². The Morgan fingerprint density at radius 3 is 2.68 bits per heavy atom. The van der Waals surface area contributed by atoms with Gasteiger partial charge in [-0.1, -0.05) is 12.1 Å². The highest BCUT2D eigenvalue weighted by molar-refractivity contribution is 6.21. The Morgan fingerprint density at radius 2 is 2.00 bits per heavy atom. The molecule has 0 saturated heterocycles. The molecule has 25 heavy (non-hydrogen) atoms. The second-order valence-corrected chi connectivity index (χ2v) is 5.29. The number of carboxylic acid groups (broad SMARTS) is 1. The van der Waals surface area contributed by atoms with Crippen molar-refractivity contribution < 1.29 is 19.4 Å². The maximum Gasteiger partial charge on any atom is 0.336 e. The third kappa shape index (κ3) is 3.66. The first-order chi connectivity index (χ1) is 12.0. The molecule has 0 atom stereocenters. The van der Waals surface area contributed by atoms with Crippen LogP contribution in [0.4, 0.5) is 0 Å². The highest BCUT2D eigenvalue weighted by Gasteiger charge is 2.12. The minimum atomic E-state index is -1.05. The lowest BCUT2D eigenvalue weighted by Gasteiger charge is -2.06. The SMILES string of the molecule is NC(=O)COc1ccc(/C(=C/c2c[nH]c3ncccc23)C(=O)O)cc1. The number of carbonyl (C=O) groups is 2. The van der Waals surface area contributed by atoms with Gasteiger partial charge >= 0.3 is 5.97 Å². The Balaban J connectivity index is 1.93. The fourth-order valence-corrected chi connectivity index (χ4v) is 2.41. The van der Waals surface area contributed by atoms with Gasteiger partial charge in [0.05, 0.1) is 5.57 Å². The van der Waals surface area contributed by atoms with Crippen LogP contribution < -0.4 is 10.5 Å². The number of nitrogens with two attached hydrogens (primary N) is 1. The molecule has 4 N–H and O–H groups in total. The van der Waals surface area contributed by atoms with E-state index in [9.17, 15) is 14.7 Å². The van der Waals surface area contributed by atoms with Crippen molar-refractivity contribution in [2.24, 2.45) is 5.73 Å². The summed E-state index contributed by atoms with van der Waals surface area (Å²) >= 11 is 0. The number of aromatic nitrogens is 2. The van der Waals surface area contributed by atoms with Gasteiger partial charge in [-0.25, -0.2) is 9.78 Å². The van der Waals surface area contributed by atoms with Crippen LogP contribution in [0.2, 0.25) is 0 Å². The monoisotopic (exact) mass is 337 g/mol. The normalized spacial score (nSPS) is 11.4. The van der Waals surface area contributed by atoms with Gasteiger partial charge in [-0.05, 0) is 35.9 Å². The summed E-state index contributed by atoms with van der Waals surface area (Å²) < 4.78 is 5.17. The lowest BCUT2D eigenvalue weighted by Crippen LogP contribution is -2.19. The maximum absolute atomic E-state index is 11.7. The molecule has 0 bridgehead atoms. The lowest BCUT2D eigenvalue weighted by atomic mass is 10.0. The highest BCUT2D eigenvalue weighted by atomic mass is 16.5. The zero-order valence-corrected chi connectivity index (χ0v) is 13.1. The molecule has 3 rings (SSSR count). The van der Waals surface area contributed by atoms with Crippen LogP contribution in [-0.2, 0) is 9.59 Å². The predicted molar refractivity (Wildman–Crippen MR) is 92.7 cm³/mol. The smallest absolute Gasteiger partial charge is 0.336 e. The number of primary amides is 1. The lowest BCUT2D eigenvalue weighted by molar-refractivity contribution is -0.130. The standard InChI is InChI=1S/C18H15N3O4/c19-16(22)10-25-13-5-3-11(4-6-13)15(18(23)24)8-12-9-21-17-14(12)2-1-7-20-17/h1-9H,10H2,(H2,19,22)(H,20,21)(H,23,24)/b15-8-. The Hall–Kier alpha value is -3.61. The molecule has 0 unspecified atom stereocenters. The van der Waals surface area contributed by atoms with Gasteiger partial charge in [-0.3, -0.25) is 4.79 Å². The average Bonchev–Trinajstić information content (AvgIpc) is 3.01. The molecule has 7 heteroatoms. The van der Waals surface area contributed by atoms with E-state index >= 15 is 0 Å². The zero-order chi connectivity index (χ0) is 17.8. The molecule has 0 aliphatic carbocycles. The maximum atomic E-state index is 11.7. The van der Waals surface area contributed by atoms with Crippen LogP contribution in [0.15, 0.2) is 48.8 Å². The van der Waals surface area contributed by atoms with Crippen molar-refractivity contribution in [3.05, 3.63) is 59.9 Å². The van der Waals surface area contributed by atoms with Gasteiger partial charge in [0.15, 0.2) is 6.61 Å². The molecule has 0 fully saturated rings. The van der Waals surface area contributed by atoms with Gasteiger partial charge in [0.2, 0.25) is 0 Å². The van der Waals surface area contributed by atoms with Crippen molar-refractivity contribution >= 4 is 34.6 Å². The summed E-state index contributed by atoms with van der Waals surface area (Å²) in [6.07, 6.45) is 4.96. The molecule has 1 amide bonds. The van der Waals surface area contributed by atoms with Crippen LogP contribution in [0.3, 0.4) is 0 Å². The fourth-order valence-electron chi connectivity index (χ4n) is 2.41. The molecule has 0 radical (unpaired) electrons.